The van der Waals surface area contributed by atoms with Gasteiger partial charge in [0.2, 0.25) is 6.10 Å². The molecule has 1 aromatic carbocycles. The molecule has 25 heavy (non-hydrogen) atoms. The van der Waals surface area contributed by atoms with Gasteiger partial charge in [0.25, 0.3) is 5.91 Å². The van der Waals surface area contributed by atoms with E-state index in [2.05, 4.69) is 5.32 Å². The van der Waals surface area contributed by atoms with Crippen molar-refractivity contribution in [3.8, 4) is 0 Å². The second-order valence-corrected chi connectivity index (χ2v) is 9.92. The van der Waals surface area contributed by atoms with E-state index in [1.165, 1.54) is 11.8 Å². The molecular weight excluding hydrogens is 362 g/mol. The van der Waals surface area contributed by atoms with Crippen molar-refractivity contribution in [3.05, 3.63) is 35.9 Å². The van der Waals surface area contributed by atoms with Crippen molar-refractivity contribution < 1.29 is 22.7 Å². The molecule has 1 saturated carbocycles. The number of nitrogens with one attached hydrogen (secondary N) is 1. The Balaban J connectivity index is 1.57. The van der Waals surface area contributed by atoms with E-state index >= 15 is 0 Å². The monoisotopic (exact) mass is 383 g/mol. The van der Waals surface area contributed by atoms with Gasteiger partial charge >= 0.3 is 5.97 Å². The van der Waals surface area contributed by atoms with Crippen LogP contribution in [0.15, 0.2) is 30.3 Å². The minimum atomic E-state index is -2.97. The molecule has 1 saturated heterocycles. The third kappa shape index (κ3) is 5.47. The maximum atomic E-state index is 12.4. The molecule has 1 N–H and O–H groups in total. The van der Waals surface area contributed by atoms with Crippen LogP contribution < -0.4 is 5.32 Å². The second kappa shape index (κ2) is 7.78. The second-order valence-electron chi connectivity index (χ2n) is 6.40. The van der Waals surface area contributed by atoms with Gasteiger partial charge in [-0.1, -0.05) is 30.3 Å². The summed E-state index contributed by atoms with van der Waals surface area (Å²) in [5.41, 5.74) is 0.627. The summed E-state index contributed by atoms with van der Waals surface area (Å²) in [6, 6.07) is 9.09. The zero-order valence-corrected chi connectivity index (χ0v) is 15.4. The molecule has 2 aliphatic rings. The van der Waals surface area contributed by atoms with Crippen LogP contribution in [0.4, 0.5) is 0 Å². The van der Waals surface area contributed by atoms with Gasteiger partial charge in [0.05, 0.1) is 17.3 Å². The van der Waals surface area contributed by atoms with E-state index in [0.717, 1.165) is 12.8 Å². The highest BCUT2D eigenvalue weighted by atomic mass is 32.2. The van der Waals surface area contributed by atoms with Gasteiger partial charge in [0.1, 0.15) is 0 Å². The highest BCUT2D eigenvalue weighted by Crippen LogP contribution is 2.26. The van der Waals surface area contributed by atoms with Crippen LogP contribution >= 0.6 is 11.8 Å². The van der Waals surface area contributed by atoms with Crippen LogP contribution in [0.1, 0.15) is 30.9 Å². The van der Waals surface area contributed by atoms with Gasteiger partial charge < -0.3 is 10.1 Å². The number of benzene rings is 1. The van der Waals surface area contributed by atoms with Crippen molar-refractivity contribution >= 4 is 33.5 Å². The number of hydrogen-bond donors (Lipinski definition) is 1. The fraction of sp³-hybridized carbons (Fsp3) is 0.529. The summed E-state index contributed by atoms with van der Waals surface area (Å²) in [5, 5.41) is 2.79. The summed E-state index contributed by atoms with van der Waals surface area (Å²) in [6.07, 6.45) is 1.49. The summed E-state index contributed by atoms with van der Waals surface area (Å²) in [4.78, 5) is 24.6. The molecule has 1 amide bonds. The van der Waals surface area contributed by atoms with Crippen LogP contribution in [0.25, 0.3) is 0 Å². The zero-order valence-electron chi connectivity index (χ0n) is 13.7. The van der Waals surface area contributed by atoms with E-state index in [1.54, 1.807) is 24.3 Å². The van der Waals surface area contributed by atoms with E-state index in [9.17, 15) is 18.0 Å². The van der Waals surface area contributed by atoms with Crippen LogP contribution in [-0.4, -0.2) is 48.8 Å². The van der Waals surface area contributed by atoms with Crippen LogP contribution in [-0.2, 0) is 24.2 Å². The Labute approximate surface area is 151 Å². The normalized spacial score (nSPS) is 23.0. The van der Waals surface area contributed by atoms with Gasteiger partial charge in [0.15, 0.2) is 9.84 Å². The molecule has 1 aliphatic heterocycles. The minimum Gasteiger partial charge on any atom is -0.447 e. The lowest BCUT2D eigenvalue weighted by Crippen LogP contribution is -2.34. The summed E-state index contributed by atoms with van der Waals surface area (Å²) in [5.74, 6) is -0.490. The molecule has 0 bridgehead atoms. The topological polar surface area (TPSA) is 89.5 Å². The van der Waals surface area contributed by atoms with Gasteiger partial charge in [0, 0.05) is 16.9 Å². The molecular formula is C17H21NO5S2. The first-order chi connectivity index (χ1) is 11.9. The molecule has 1 aromatic rings. The Bertz CT molecular complexity index is 731. The first-order valence-electron chi connectivity index (χ1n) is 8.30. The van der Waals surface area contributed by atoms with Crippen LogP contribution in [0.2, 0.25) is 0 Å². The number of sulfone groups is 1. The third-order valence-electron chi connectivity index (χ3n) is 4.14. The Morgan fingerprint density at radius 1 is 1.20 bits per heavy atom. The van der Waals surface area contributed by atoms with Crippen molar-refractivity contribution in [1.82, 2.24) is 5.32 Å². The third-order valence-corrected chi connectivity index (χ3v) is 7.40. The minimum absolute atomic E-state index is 0.0419. The summed E-state index contributed by atoms with van der Waals surface area (Å²) in [6.45, 7) is 0. The summed E-state index contributed by atoms with van der Waals surface area (Å²) in [7, 11) is -2.97. The molecule has 0 unspecified atom stereocenters. The lowest BCUT2D eigenvalue weighted by Gasteiger charge is -2.18. The first kappa shape index (κ1) is 18.3. The molecule has 0 radical (unpaired) electrons. The van der Waals surface area contributed by atoms with Crippen molar-refractivity contribution in [1.29, 1.82) is 0 Å². The largest absolute Gasteiger partial charge is 0.447 e. The fourth-order valence-electron chi connectivity index (χ4n) is 2.65. The quantitative estimate of drug-likeness (QED) is 0.717. The van der Waals surface area contributed by atoms with E-state index in [0.29, 0.717) is 12.0 Å². The van der Waals surface area contributed by atoms with E-state index in [-0.39, 0.29) is 34.5 Å². The van der Waals surface area contributed by atoms with E-state index < -0.39 is 21.9 Å². The number of rotatable bonds is 7. The average Bonchev–Trinajstić information content (AvgIpc) is 3.32. The molecule has 8 heteroatoms. The molecule has 1 aliphatic carbocycles. The fourth-order valence-corrected chi connectivity index (χ4v) is 6.07. The average molecular weight is 383 g/mol. The van der Waals surface area contributed by atoms with Gasteiger partial charge in [-0.15, -0.1) is 11.8 Å². The highest BCUT2D eigenvalue weighted by Gasteiger charge is 2.32. The molecule has 6 nitrogen and oxygen atoms in total. The van der Waals surface area contributed by atoms with Crippen molar-refractivity contribution in [2.45, 2.75) is 36.7 Å². The summed E-state index contributed by atoms with van der Waals surface area (Å²) < 4.78 is 28.3. The van der Waals surface area contributed by atoms with Gasteiger partial charge in [-0.3, -0.25) is 9.59 Å². The predicted octanol–water partition coefficient (Wildman–Crippen LogP) is 1.47. The maximum Gasteiger partial charge on any atom is 0.317 e. The number of hydrogen-bond acceptors (Lipinski definition) is 6. The van der Waals surface area contributed by atoms with Crippen molar-refractivity contribution in [3.63, 3.8) is 0 Å². The number of thioether (sulfide) groups is 1. The SMILES string of the molecule is O=C(CS[C@@H]1CCS(=O)(=O)C1)O[C@@H](C(=O)NC1CC1)c1ccccc1. The molecule has 2 fully saturated rings. The molecule has 3 rings (SSSR count). The van der Waals surface area contributed by atoms with Crippen molar-refractivity contribution in [2.75, 3.05) is 17.3 Å². The Kier molecular flexibility index (Phi) is 5.68. The standard InChI is InChI=1S/C17H21NO5S2/c19-15(10-24-14-8-9-25(21,22)11-14)23-16(12-4-2-1-3-5-12)17(20)18-13-6-7-13/h1-5,13-14,16H,6-11H2,(H,18,20)/t14-,16-/m1/s1. The van der Waals surface area contributed by atoms with E-state index in [4.69, 9.17) is 4.74 Å². The molecule has 136 valence electrons. The van der Waals surface area contributed by atoms with Crippen molar-refractivity contribution in [2.24, 2.45) is 0 Å². The first-order valence-corrected chi connectivity index (χ1v) is 11.2. The van der Waals surface area contributed by atoms with Gasteiger partial charge in [-0.05, 0) is 19.3 Å². The van der Waals surface area contributed by atoms with Gasteiger partial charge in [-0.25, -0.2) is 8.42 Å². The molecule has 2 atom stereocenters. The maximum absolute atomic E-state index is 12.4. The van der Waals surface area contributed by atoms with Crippen LogP contribution in [0, 0.1) is 0 Å². The molecule has 0 aromatic heterocycles. The molecule has 1 heterocycles. The smallest absolute Gasteiger partial charge is 0.317 e. The van der Waals surface area contributed by atoms with E-state index in [1.807, 2.05) is 6.07 Å². The van der Waals surface area contributed by atoms with Crippen LogP contribution in [0.5, 0.6) is 0 Å². The Hall–Kier alpha value is -1.54. The van der Waals surface area contributed by atoms with Crippen LogP contribution in [0.3, 0.4) is 0 Å². The number of amides is 1. The summed E-state index contributed by atoms with van der Waals surface area (Å²) >= 11 is 1.28. The number of esters is 1. The zero-order chi connectivity index (χ0) is 17.9. The van der Waals surface area contributed by atoms with Gasteiger partial charge in [-0.2, -0.15) is 0 Å². The molecule has 0 spiro atoms. The number of carbonyl (C=O) groups is 2. The highest BCUT2D eigenvalue weighted by molar-refractivity contribution is 8.02. The number of ether oxygens (including phenoxy) is 1. The lowest BCUT2D eigenvalue weighted by molar-refractivity contribution is -0.154. The Morgan fingerprint density at radius 3 is 2.52 bits per heavy atom. The lowest BCUT2D eigenvalue weighted by atomic mass is 10.1. The Morgan fingerprint density at radius 2 is 1.92 bits per heavy atom. The number of carbonyl (C=O) groups excluding carboxylic acids is 2. The predicted molar refractivity (Wildman–Crippen MR) is 96.0 cm³/mol.